The largest absolute Gasteiger partial charge is 0.368 e. The first-order valence-electron chi connectivity index (χ1n) is 11.4. The third-order valence-electron chi connectivity index (χ3n) is 6.98. The quantitative estimate of drug-likeness (QED) is 0.346. The Kier molecular flexibility index (Phi) is 3.98. The van der Waals surface area contributed by atoms with Gasteiger partial charge in [-0.3, -0.25) is 4.79 Å². The van der Waals surface area contributed by atoms with Crippen molar-refractivity contribution in [1.29, 1.82) is 0 Å². The summed E-state index contributed by atoms with van der Waals surface area (Å²) in [5, 5.41) is 4.69. The van der Waals surface area contributed by atoms with Crippen LogP contribution in [-0.4, -0.2) is 50.1 Å². The van der Waals surface area contributed by atoms with Crippen LogP contribution in [0.3, 0.4) is 0 Å². The van der Waals surface area contributed by atoms with Crippen molar-refractivity contribution in [2.45, 2.75) is 24.9 Å². The summed E-state index contributed by atoms with van der Waals surface area (Å²) in [6.45, 7) is 2.06. The monoisotopic (exact) mass is 437 g/mol. The standard InChI is InChI=1S/C25H23N7O/c33-25-20(9-14(11-28-25)18-5-7-26-23-19(18)6-8-27-23)24-30-21-4-3-17(10-22(21)31-24)32-12-15-1-2-16(13-32)29-15/h3-11,15-16,29H,1-2,12-13H2,(H,26,27)(H,28,33)(H,30,31). The van der Waals surface area contributed by atoms with Crippen LogP contribution in [0.5, 0.6) is 0 Å². The highest BCUT2D eigenvalue weighted by atomic mass is 16.1. The van der Waals surface area contributed by atoms with Gasteiger partial charge in [0.15, 0.2) is 0 Å². The minimum Gasteiger partial charge on any atom is -0.368 e. The minimum absolute atomic E-state index is 0.170. The molecule has 7 rings (SSSR count). The molecule has 1 aromatic carbocycles. The van der Waals surface area contributed by atoms with Gasteiger partial charge in [-0.15, -0.1) is 0 Å². The number of hydrogen-bond donors (Lipinski definition) is 4. The van der Waals surface area contributed by atoms with Gasteiger partial charge in [0.05, 0.1) is 16.6 Å². The molecule has 2 bridgehead atoms. The maximum absolute atomic E-state index is 12.7. The van der Waals surface area contributed by atoms with Crippen molar-refractivity contribution in [2.75, 3.05) is 18.0 Å². The van der Waals surface area contributed by atoms with Crippen molar-refractivity contribution < 1.29 is 0 Å². The summed E-state index contributed by atoms with van der Waals surface area (Å²) in [7, 11) is 0. The first-order valence-corrected chi connectivity index (χ1v) is 11.4. The molecule has 0 amide bonds. The summed E-state index contributed by atoms with van der Waals surface area (Å²) in [6, 6.07) is 13.3. The van der Waals surface area contributed by atoms with Crippen LogP contribution < -0.4 is 15.8 Å². The third kappa shape index (κ3) is 3.06. The Hall–Kier alpha value is -3.91. The lowest BCUT2D eigenvalue weighted by Gasteiger charge is -2.34. The molecule has 2 fully saturated rings. The number of imidazole rings is 1. The van der Waals surface area contributed by atoms with Crippen molar-refractivity contribution in [2.24, 2.45) is 0 Å². The number of benzene rings is 1. The molecular weight excluding hydrogens is 414 g/mol. The van der Waals surface area contributed by atoms with Crippen LogP contribution in [0.1, 0.15) is 12.8 Å². The molecule has 164 valence electrons. The topological polar surface area (TPSA) is 105 Å². The molecule has 8 heteroatoms. The number of aromatic nitrogens is 5. The summed E-state index contributed by atoms with van der Waals surface area (Å²) in [6.07, 6.45) is 7.88. The van der Waals surface area contributed by atoms with Crippen LogP contribution in [0, 0.1) is 0 Å². The van der Waals surface area contributed by atoms with Crippen molar-refractivity contribution in [3.8, 4) is 22.5 Å². The number of piperazine rings is 1. The van der Waals surface area contributed by atoms with Gasteiger partial charge >= 0.3 is 0 Å². The van der Waals surface area contributed by atoms with Gasteiger partial charge in [0.25, 0.3) is 5.56 Å². The number of aromatic amines is 3. The molecule has 2 saturated heterocycles. The number of nitrogens with zero attached hydrogens (tertiary/aromatic N) is 3. The van der Waals surface area contributed by atoms with Gasteiger partial charge < -0.3 is 25.2 Å². The fourth-order valence-corrected chi connectivity index (χ4v) is 5.35. The molecule has 0 spiro atoms. The van der Waals surface area contributed by atoms with Crippen LogP contribution >= 0.6 is 0 Å². The number of anilines is 1. The molecule has 2 atom stereocenters. The predicted molar refractivity (Wildman–Crippen MR) is 129 cm³/mol. The molecule has 0 saturated carbocycles. The summed E-state index contributed by atoms with van der Waals surface area (Å²) < 4.78 is 0. The van der Waals surface area contributed by atoms with Crippen molar-refractivity contribution in [3.63, 3.8) is 0 Å². The number of rotatable bonds is 3. The lowest BCUT2D eigenvalue weighted by atomic mass is 10.0. The lowest BCUT2D eigenvalue weighted by molar-refractivity contribution is 0.466. The summed E-state index contributed by atoms with van der Waals surface area (Å²) in [4.78, 5) is 33.7. The molecule has 2 aliphatic rings. The van der Waals surface area contributed by atoms with Crippen molar-refractivity contribution >= 4 is 27.8 Å². The predicted octanol–water partition coefficient (Wildman–Crippen LogP) is 3.40. The van der Waals surface area contributed by atoms with Crippen molar-refractivity contribution in [1.82, 2.24) is 30.2 Å². The van der Waals surface area contributed by atoms with Gasteiger partial charge in [0, 0.05) is 54.8 Å². The second-order valence-electron chi connectivity index (χ2n) is 9.06. The average molecular weight is 438 g/mol. The van der Waals surface area contributed by atoms with Crippen LogP contribution in [0.25, 0.3) is 44.6 Å². The molecule has 6 heterocycles. The van der Waals surface area contributed by atoms with E-state index in [0.29, 0.717) is 23.5 Å². The Morgan fingerprint density at radius 3 is 2.73 bits per heavy atom. The highest BCUT2D eigenvalue weighted by Crippen LogP contribution is 2.30. The number of fused-ring (bicyclic) bond motifs is 4. The third-order valence-corrected chi connectivity index (χ3v) is 6.98. The molecule has 33 heavy (non-hydrogen) atoms. The van der Waals surface area contributed by atoms with E-state index in [4.69, 9.17) is 4.98 Å². The smallest absolute Gasteiger partial charge is 0.259 e. The Labute approximate surface area is 189 Å². The second kappa shape index (κ2) is 7.05. The van der Waals surface area contributed by atoms with Gasteiger partial charge in [-0.2, -0.15) is 0 Å². The Bertz CT molecular complexity index is 1550. The second-order valence-corrected chi connectivity index (χ2v) is 9.06. The van der Waals surface area contributed by atoms with Crippen LogP contribution in [0.4, 0.5) is 5.69 Å². The van der Waals surface area contributed by atoms with Crippen LogP contribution in [0.2, 0.25) is 0 Å². The molecule has 0 aliphatic carbocycles. The zero-order chi connectivity index (χ0) is 21.9. The number of hydrogen-bond acceptors (Lipinski definition) is 5. The molecule has 4 N–H and O–H groups in total. The normalized spacial score (nSPS) is 20.2. The number of H-pyrrole nitrogens is 3. The molecule has 4 aromatic heterocycles. The summed E-state index contributed by atoms with van der Waals surface area (Å²) in [5.41, 5.74) is 6.07. The van der Waals surface area contributed by atoms with Gasteiger partial charge in [0.1, 0.15) is 11.5 Å². The Morgan fingerprint density at radius 1 is 0.970 bits per heavy atom. The lowest BCUT2D eigenvalue weighted by Crippen LogP contribution is -2.51. The SMILES string of the molecule is O=c1[nH]cc(-c2ccnc3[nH]ccc23)cc1-c1nc2cc(N3CC4CCC(C3)N4)ccc2[nH]1. The molecule has 8 nitrogen and oxygen atoms in total. The highest BCUT2D eigenvalue weighted by Gasteiger charge is 2.32. The molecule has 2 aliphatic heterocycles. The highest BCUT2D eigenvalue weighted by molar-refractivity contribution is 5.93. The first-order chi connectivity index (χ1) is 16.2. The number of nitrogens with one attached hydrogen (secondary N) is 4. The van der Waals surface area contributed by atoms with E-state index in [1.165, 1.54) is 18.5 Å². The fourth-order valence-electron chi connectivity index (χ4n) is 5.35. The van der Waals surface area contributed by atoms with Gasteiger partial charge in [-0.05, 0) is 60.4 Å². The fraction of sp³-hybridized carbons (Fsp3) is 0.240. The zero-order valence-corrected chi connectivity index (χ0v) is 17.9. The van der Waals surface area contributed by atoms with E-state index in [-0.39, 0.29) is 5.56 Å². The Morgan fingerprint density at radius 2 is 1.85 bits per heavy atom. The summed E-state index contributed by atoms with van der Waals surface area (Å²) in [5.74, 6) is 0.574. The van der Waals surface area contributed by atoms with E-state index in [2.05, 4.69) is 48.4 Å². The van der Waals surface area contributed by atoms with Crippen LogP contribution in [-0.2, 0) is 0 Å². The van der Waals surface area contributed by atoms with Gasteiger partial charge in [0.2, 0.25) is 0 Å². The van der Waals surface area contributed by atoms with E-state index in [1.807, 2.05) is 24.4 Å². The van der Waals surface area contributed by atoms with Gasteiger partial charge in [-0.25, -0.2) is 9.97 Å². The summed E-state index contributed by atoms with van der Waals surface area (Å²) >= 11 is 0. The van der Waals surface area contributed by atoms with E-state index >= 15 is 0 Å². The molecule has 5 aromatic rings. The maximum Gasteiger partial charge on any atom is 0.259 e. The van der Waals surface area contributed by atoms with E-state index in [9.17, 15) is 4.79 Å². The van der Waals surface area contributed by atoms with Crippen molar-refractivity contribution in [3.05, 3.63) is 65.3 Å². The molecule has 0 radical (unpaired) electrons. The minimum atomic E-state index is -0.170. The van der Waals surface area contributed by atoms with E-state index < -0.39 is 0 Å². The molecule has 2 unspecified atom stereocenters. The Balaban J connectivity index is 1.28. The van der Waals surface area contributed by atoms with Crippen LogP contribution in [0.15, 0.2) is 59.8 Å². The maximum atomic E-state index is 12.7. The first kappa shape index (κ1) is 18.6. The zero-order valence-electron chi connectivity index (χ0n) is 17.9. The van der Waals surface area contributed by atoms with E-state index in [0.717, 1.165) is 46.3 Å². The average Bonchev–Trinajstić information content (AvgIpc) is 3.56. The van der Waals surface area contributed by atoms with Gasteiger partial charge in [-0.1, -0.05) is 0 Å². The molecular formula is C25H23N7O. The number of pyridine rings is 2. The van der Waals surface area contributed by atoms with E-state index in [1.54, 1.807) is 12.4 Å².